The SMILES string of the molecule is CC(CN)C(=O)NC1CCC(C(=O)N2CCSCC2)CC1.Cl. The number of thioether (sulfide) groups is 1. The van der Waals surface area contributed by atoms with E-state index in [-0.39, 0.29) is 36.2 Å². The Hall–Kier alpha value is -0.460. The maximum Gasteiger partial charge on any atom is 0.225 e. The van der Waals surface area contributed by atoms with E-state index in [1.54, 1.807) is 0 Å². The van der Waals surface area contributed by atoms with Crippen LogP contribution in [0, 0.1) is 11.8 Å². The molecule has 2 fully saturated rings. The zero-order valence-corrected chi connectivity index (χ0v) is 14.9. The van der Waals surface area contributed by atoms with Crippen LogP contribution in [0.2, 0.25) is 0 Å². The van der Waals surface area contributed by atoms with Crippen molar-refractivity contribution in [2.24, 2.45) is 17.6 Å². The molecular weight excluding hydrogens is 322 g/mol. The molecule has 1 saturated carbocycles. The summed E-state index contributed by atoms with van der Waals surface area (Å²) in [5.74, 6) is 2.53. The van der Waals surface area contributed by atoms with Crippen LogP contribution in [0.5, 0.6) is 0 Å². The number of carbonyl (C=O) groups is 2. The summed E-state index contributed by atoms with van der Waals surface area (Å²) in [7, 11) is 0. The Labute approximate surface area is 143 Å². The van der Waals surface area contributed by atoms with Gasteiger partial charge in [0, 0.05) is 49.0 Å². The first-order valence-electron chi connectivity index (χ1n) is 7.98. The van der Waals surface area contributed by atoms with Crippen molar-refractivity contribution in [3.8, 4) is 0 Å². The molecule has 7 heteroatoms. The van der Waals surface area contributed by atoms with Crippen molar-refractivity contribution in [3.63, 3.8) is 0 Å². The zero-order chi connectivity index (χ0) is 15.2. The molecule has 2 amide bonds. The van der Waals surface area contributed by atoms with Gasteiger partial charge < -0.3 is 16.0 Å². The van der Waals surface area contributed by atoms with Crippen molar-refractivity contribution >= 4 is 36.0 Å². The van der Waals surface area contributed by atoms with Gasteiger partial charge in [-0.15, -0.1) is 12.4 Å². The molecule has 5 nitrogen and oxygen atoms in total. The third-order valence-electron chi connectivity index (χ3n) is 4.55. The van der Waals surface area contributed by atoms with Gasteiger partial charge in [0.2, 0.25) is 11.8 Å². The van der Waals surface area contributed by atoms with Gasteiger partial charge in [-0.2, -0.15) is 11.8 Å². The molecule has 1 atom stereocenters. The molecule has 2 aliphatic rings. The number of hydrogen-bond donors (Lipinski definition) is 2. The van der Waals surface area contributed by atoms with E-state index in [4.69, 9.17) is 5.73 Å². The lowest BCUT2D eigenvalue weighted by Crippen LogP contribution is -2.46. The molecular formula is C15H28ClN3O2S. The number of hydrogen-bond acceptors (Lipinski definition) is 4. The fraction of sp³-hybridized carbons (Fsp3) is 0.867. The van der Waals surface area contributed by atoms with Gasteiger partial charge in [-0.05, 0) is 25.7 Å². The molecule has 1 unspecified atom stereocenters. The Morgan fingerprint density at radius 2 is 1.82 bits per heavy atom. The average Bonchev–Trinajstić information content (AvgIpc) is 2.55. The summed E-state index contributed by atoms with van der Waals surface area (Å²) in [4.78, 5) is 26.3. The molecule has 1 aliphatic heterocycles. The Bertz CT molecular complexity index is 370. The summed E-state index contributed by atoms with van der Waals surface area (Å²) in [6.07, 6.45) is 3.60. The highest BCUT2D eigenvalue weighted by molar-refractivity contribution is 7.99. The number of rotatable bonds is 4. The highest BCUT2D eigenvalue weighted by Gasteiger charge is 2.30. The van der Waals surface area contributed by atoms with Crippen LogP contribution in [0.4, 0.5) is 0 Å². The predicted octanol–water partition coefficient (Wildman–Crippen LogP) is 1.25. The minimum absolute atomic E-state index is 0. The van der Waals surface area contributed by atoms with E-state index >= 15 is 0 Å². The summed E-state index contributed by atoms with van der Waals surface area (Å²) in [5.41, 5.74) is 5.51. The second-order valence-corrected chi connectivity index (χ2v) is 7.36. The summed E-state index contributed by atoms with van der Waals surface area (Å²) in [5, 5.41) is 3.06. The maximum absolute atomic E-state index is 12.4. The molecule has 22 heavy (non-hydrogen) atoms. The monoisotopic (exact) mass is 349 g/mol. The third-order valence-corrected chi connectivity index (χ3v) is 5.49. The summed E-state index contributed by atoms with van der Waals surface area (Å²) < 4.78 is 0. The number of amides is 2. The van der Waals surface area contributed by atoms with Crippen LogP contribution in [-0.2, 0) is 9.59 Å². The van der Waals surface area contributed by atoms with Gasteiger partial charge >= 0.3 is 0 Å². The second kappa shape index (κ2) is 9.63. The molecule has 1 saturated heterocycles. The predicted molar refractivity (Wildman–Crippen MR) is 93.3 cm³/mol. The van der Waals surface area contributed by atoms with Gasteiger partial charge in [0.1, 0.15) is 0 Å². The van der Waals surface area contributed by atoms with Gasteiger partial charge in [0.25, 0.3) is 0 Å². The Kier molecular flexibility index (Phi) is 8.57. The van der Waals surface area contributed by atoms with Crippen LogP contribution in [-0.4, -0.2) is 53.9 Å². The Morgan fingerprint density at radius 1 is 1.23 bits per heavy atom. The molecule has 0 bridgehead atoms. The van der Waals surface area contributed by atoms with Crippen molar-refractivity contribution in [2.45, 2.75) is 38.6 Å². The summed E-state index contributed by atoms with van der Waals surface area (Å²) >= 11 is 1.92. The van der Waals surface area contributed by atoms with Gasteiger partial charge in [0.05, 0.1) is 0 Å². The smallest absolute Gasteiger partial charge is 0.225 e. The highest BCUT2D eigenvalue weighted by Crippen LogP contribution is 2.27. The van der Waals surface area contributed by atoms with Crippen molar-refractivity contribution < 1.29 is 9.59 Å². The fourth-order valence-corrected chi connectivity index (χ4v) is 3.88. The van der Waals surface area contributed by atoms with Gasteiger partial charge in [-0.1, -0.05) is 6.92 Å². The van der Waals surface area contributed by atoms with Crippen molar-refractivity contribution in [3.05, 3.63) is 0 Å². The molecule has 2 rings (SSSR count). The standard InChI is InChI=1S/C15H27N3O2S.ClH/c1-11(10-16)14(19)17-13-4-2-12(3-5-13)15(20)18-6-8-21-9-7-18;/h11-13H,2-10,16H2,1H3,(H,17,19);1H. The fourth-order valence-electron chi connectivity index (χ4n) is 2.98. The first kappa shape index (κ1) is 19.6. The molecule has 1 aliphatic carbocycles. The third kappa shape index (κ3) is 5.32. The van der Waals surface area contributed by atoms with E-state index in [9.17, 15) is 9.59 Å². The Balaban J connectivity index is 0.00000242. The molecule has 128 valence electrons. The lowest BCUT2D eigenvalue weighted by atomic mass is 9.85. The molecule has 0 spiro atoms. The minimum Gasteiger partial charge on any atom is -0.353 e. The van der Waals surface area contributed by atoms with Crippen molar-refractivity contribution in [1.29, 1.82) is 0 Å². The molecule has 1 heterocycles. The number of halogens is 1. The van der Waals surface area contributed by atoms with Gasteiger partial charge in [-0.25, -0.2) is 0 Å². The lowest BCUT2D eigenvalue weighted by molar-refractivity contribution is -0.136. The first-order chi connectivity index (χ1) is 10.1. The minimum atomic E-state index is -0.129. The summed E-state index contributed by atoms with van der Waals surface area (Å²) in [6, 6.07) is 0.215. The van der Waals surface area contributed by atoms with E-state index in [1.807, 2.05) is 23.6 Å². The van der Waals surface area contributed by atoms with Crippen LogP contribution in [0.15, 0.2) is 0 Å². The highest BCUT2D eigenvalue weighted by atomic mass is 35.5. The van der Waals surface area contributed by atoms with E-state index in [0.29, 0.717) is 12.5 Å². The van der Waals surface area contributed by atoms with Crippen LogP contribution in [0.25, 0.3) is 0 Å². The van der Waals surface area contributed by atoms with E-state index in [0.717, 1.165) is 50.3 Å². The number of nitrogens with zero attached hydrogens (tertiary/aromatic N) is 1. The Morgan fingerprint density at radius 3 is 2.36 bits per heavy atom. The lowest BCUT2D eigenvalue weighted by Gasteiger charge is -2.34. The van der Waals surface area contributed by atoms with Crippen molar-refractivity contribution in [1.82, 2.24) is 10.2 Å². The average molecular weight is 350 g/mol. The number of carbonyl (C=O) groups excluding carboxylic acids is 2. The second-order valence-electron chi connectivity index (χ2n) is 6.13. The number of nitrogens with one attached hydrogen (secondary N) is 1. The zero-order valence-electron chi connectivity index (χ0n) is 13.3. The molecule has 0 aromatic heterocycles. The number of nitrogens with two attached hydrogens (primary N) is 1. The topological polar surface area (TPSA) is 75.4 Å². The van der Waals surface area contributed by atoms with Crippen LogP contribution in [0.3, 0.4) is 0 Å². The molecule has 3 N–H and O–H groups in total. The van der Waals surface area contributed by atoms with Crippen LogP contribution < -0.4 is 11.1 Å². The van der Waals surface area contributed by atoms with Crippen molar-refractivity contribution in [2.75, 3.05) is 31.1 Å². The van der Waals surface area contributed by atoms with Gasteiger partial charge in [0.15, 0.2) is 0 Å². The normalized spacial score (nSPS) is 26.7. The van der Waals surface area contributed by atoms with E-state index < -0.39 is 0 Å². The maximum atomic E-state index is 12.4. The largest absolute Gasteiger partial charge is 0.353 e. The van der Waals surface area contributed by atoms with Crippen LogP contribution in [0.1, 0.15) is 32.6 Å². The summed E-state index contributed by atoms with van der Waals surface area (Å²) in [6.45, 7) is 4.02. The van der Waals surface area contributed by atoms with E-state index in [2.05, 4.69) is 5.32 Å². The molecule has 0 radical (unpaired) electrons. The van der Waals surface area contributed by atoms with E-state index in [1.165, 1.54) is 0 Å². The molecule has 0 aromatic carbocycles. The molecule has 0 aromatic rings. The first-order valence-corrected chi connectivity index (χ1v) is 9.14. The van der Waals surface area contributed by atoms with Gasteiger partial charge in [-0.3, -0.25) is 9.59 Å². The van der Waals surface area contributed by atoms with Crippen LogP contribution >= 0.6 is 24.2 Å². The quantitative estimate of drug-likeness (QED) is 0.801.